The first-order chi connectivity index (χ1) is 12.5. The van der Waals surface area contributed by atoms with E-state index in [1.165, 1.54) is 0 Å². The van der Waals surface area contributed by atoms with Crippen LogP contribution >= 0.6 is 12.4 Å². The summed E-state index contributed by atoms with van der Waals surface area (Å²) in [7, 11) is 0. The van der Waals surface area contributed by atoms with Crippen LogP contribution in [0.1, 0.15) is 18.9 Å². The number of carbonyl (C=O) groups excluding carboxylic acids is 1. The number of hydrogen-bond acceptors (Lipinski definition) is 4. The second kappa shape index (κ2) is 11.2. The molecule has 2 rings (SSSR count). The van der Waals surface area contributed by atoms with Crippen LogP contribution in [0, 0.1) is 6.92 Å². The first-order valence-electron chi connectivity index (χ1n) is 8.55. The molecule has 0 unspecified atom stereocenters. The minimum absolute atomic E-state index is 0. The number of hydrogen-bond donors (Lipinski definition) is 2. The van der Waals surface area contributed by atoms with Crippen LogP contribution in [0.15, 0.2) is 48.5 Å². The normalized spacial score (nSPS) is 10.2. The Morgan fingerprint density at radius 3 is 2.37 bits per heavy atom. The Balaban J connectivity index is 0.00000364. The third-order valence-corrected chi connectivity index (χ3v) is 3.68. The van der Waals surface area contributed by atoms with Gasteiger partial charge in [-0.2, -0.15) is 0 Å². The maximum absolute atomic E-state index is 12.3. The summed E-state index contributed by atoms with van der Waals surface area (Å²) in [5, 5.41) is 11.8. The third kappa shape index (κ3) is 7.68. The van der Waals surface area contributed by atoms with E-state index >= 15 is 0 Å². The molecule has 0 atom stereocenters. The molecule has 2 N–H and O–H groups in total. The predicted octanol–water partition coefficient (Wildman–Crippen LogP) is 3.94. The molecule has 146 valence electrons. The topological polar surface area (TPSA) is 78.9 Å². The van der Waals surface area contributed by atoms with Crippen LogP contribution in [-0.2, 0) is 9.59 Å². The molecule has 0 aliphatic rings. The molecule has 27 heavy (non-hydrogen) atoms. The number of aliphatic carboxylic acids is 1. The van der Waals surface area contributed by atoms with Gasteiger partial charge in [-0.25, -0.2) is 0 Å². The summed E-state index contributed by atoms with van der Waals surface area (Å²) in [6.45, 7) is 4.33. The van der Waals surface area contributed by atoms with Crippen LogP contribution in [0.5, 0.6) is 11.5 Å². The third-order valence-electron chi connectivity index (χ3n) is 3.68. The van der Waals surface area contributed by atoms with Crippen LogP contribution in [0.4, 0.5) is 5.69 Å². The van der Waals surface area contributed by atoms with Gasteiger partial charge in [-0.15, -0.1) is 12.4 Å². The van der Waals surface area contributed by atoms with Crippen molar-refractivity contribution < 1.29 is 19.4 Å². The molecule has 1 amide bonds. The first-order valence-corrected chi connectivity index (χ1v) is 8.55. The molecule has 0 aromatic heterocycles. The molecular formula is C20H25ClN2O4. The molecule has 0 radical (unpaired) electrons. The molecule has 0 saturated heterocycles. The van der Waals surface area contributed by atoms with Gasteiger partial charge in [0.15, 0.2) is 5.75 Å². The lowest BCUT2D eigenvalue weighted by molar-refractivity contribution is -0.138. The quantitative estimate of drug-likeness (QED) is 0.675. The van der Waals surface area contributed by atoms with Crippen LogP contribution in [-0.4, -0.2) is 41.5 Å². The van der Waals surface area contributed by atoms with E-state index in [-0.39, 0.29) is 31.4 Å². The van der Waals surface area contributed by atoms with Gasteiger partial charge < -0.3 is 15.2 Å². The van der Waals surface area contributed by atoms with Crippen molar-refractivity contribution in [1.29, 1.82) is 0 Å². The fourth-order valence-electron chi connectivity index (χ4n) is 2.51. The summed E-state index contributed by atoms with van der Waals surface area (Å²) in [4.78, 5) is 24.8. The largest absolute Gasteiger partial charge is 0.480 e. The van der Waals surface area contributed by atoms with Gasteiger partial charge in [-0.1, -0.05) is 36.8 Å². The van der Waals surface area contributed by atoms with Crippen LogP contribution in [0.3, 0.4) is 0 Å². The van der Waals surface area contributed by atoms with Crippen LogP contribution in [0.25, 0.3) is 0 Å². The summed E-state index contributed by atoms with van der Waals surface area (Å²) in [6, 6.07) is 14.8. The second-order valence-corrected chi connectivity index (χ2v) is 6.06. The van der Waals surface area contributed by atoms with Crippen LogP contribution in [0.2, 0.25) is 0 Å². The highest BCUT2D eigenvalue weighted by Gasteiger charge is 2.15. The molecule has 7 heteroatoms. The van der Waals surface area contributed by atoms with E-state index in [9.17, 15) is 9.59 Å². The fourth-order valence-corrected chi connectivity index (χ4v) is 2.51. The number of carboxylic acids is 1. The number of amides is 1. The van der Waals surface area contributed by atoms with Crippen molar-refractivity contribution in [3.63, 3.8) is 0 Å². The summed E-state index contributed by atoms with van der Waals surface area (Å²) in [6.07, 6.45) is 0.772. The number of para-hydroxylation sites is 2. The highest BCUT2D eigenvalue weighted by Crippen LogP contribution is 2.29. The van der Waals surface area contributed by atoms with Crippen molar-refractivity contribution >= 4 is 30.0 Å². The number of benzene rings is 2. The SMILES string of the molecule is CCCN(CC(=O)O)CC(=O)Nc1ccccc1Oc1ccc(C)cc1.Cl. The molecule has 2 aromatic carbocycles. The number of carbonyl (C=O) groups is 2. The van der Waals surface area contributed by atoms with E-state index in [4.69, 9.17) is 9.84 Å². The van der Waals surface area contributed by atoms with Crippen molar-refractivity contribution in [2.45, 2.75) is 20.3 Å². The zero-order chi connectivity index (χ0) is 18.9. The lowest BCUT2D eigenvalue weighted by Crippen LogP contribution is -2.37. The Morgan fingerprint density at radius 1 is 1.07 bits per heavy atom. The number of rotatable bonds is 9. The van der Waals surface area contributed by atoms with Gasteiger partial charge in [0, 0.05) is 0 Å². The van der Waals surface area contributed by atoms with E-state index in [2.05, 4.69) is 5.32 Å². The number of halogens is 1. The molecule has 0 spiro atoms. The van der Waals surface area contributed by atoms with Gasteiger partial charge in [-0.05, 0) is 44.2 Å². The van der Waals surface area contributed by atoms with Crippen LogP contribution < -0.4 is 10.1 Å². The molecule has 6 nitrogen and oxygen atoms in total. The molecule has 0 aliphatic heterocycles. The van der Waals surface area contributed by atoms with Crippen molar-refractivity contribution in [3.8, 4) is 11.5 Å². The monoisotopic (exact) mass is 392 g/mol. The minimum Gasteiger partial charge on any atom is -0.480 e. The highest BCUT2D eigenvalue weighted by molar-refractivity contribution is 5.94. The first kappa shape index (κ1) is 22.5. The standard InChI is InChI=1S/C20H24N2O4.ClH/c1-3-12-22(14-20(24)25)13-19(23)21-17-6-4-5-7-18(17)26-16-10-8-15(2)9-11-16;/h4-11H,3,12-14H2,1-2H3,(H,21,23)(H,24,25);1H. The molecular weight excluding hydrogens is 368 g/mol. The maximum Gasteiger partial charge on any atom is 0.317 e. The molecule has 0 fully saturated rings. The Kier molecular flexibility index (Phi) is 9.33. The fraction of sp³-hybridized carbons (Fsp3) is 0.300. The second-order valence-electron chi connectivity index (χ2n) is 6.06. The van der Waals surface area contributed by atoms with Gasteiger partial charge in [0.2, 0.25) is 5.91 Å². The van der Waals surface area contributed by atoms with Gasteiger partial charge >= 0.3 is 5.97 Å². The average Bonchev–Trinajstić information content (AvgIpc) is 2.58. The molecule has 0 saturated carbocycles. The van der Waals surface area contributed by atoms with E-state index in [1.807, 2.05) is 44.2 Å². The lowest BCUT2D eigenvalue weighted by atomic mass is 10.2. The maximum atomic E-state index is 12.3. The number of ether oxygens (including phenoxy) is 1. The number of aryl methyl sites for hydroxylation is 1. The number of nitrogens with zero attached hydrogens (tertiary/aromatic N) is 1. The highest BCUT2D eigenvalue weighted by atomic mass is 35.5. The minimum atomic E-state index is -0.950. The molecule has 0 bridgehead atoms. The van der Waals surface area contributed by atoms with Gasteiger partial charge in [0.05, 0.1) is 18.8 Å². The number of nitrogens with one attached hydrogen (secondary N) is 1. The van der Waals surface area contributed by atoms with Crippen molar-refractivity contribution in [1.82, 2.24) is 4.90 Å². The number of carboxylic acid groups (broad SMARTS) is 1. The van der Waals surface area contributed by atoms with Gasteiger partial charge in [0.25, 0.3) is 0 Å². The molecule has 2 aromatic rings. The van der Waals surface area contributed by atoms with Crippen molar-refractivity contribution in [2.24, 2.45) is 0 Å². The van der Waals surface area contributed by atoms with E-state index in [1.54, 1.807) is 23.1 Å². The summed E-state index contributed by atoms with van der Waals surface area (Å²) in [5.41, 5.74) is 1.68. The van der Waals surface area contributed by atoms with Crippen molar-refractivity contribution in [3.05, 3.63) is 54.1 Å². The predicted molar refractivity (Wildman–Crippen MR) is 108 cm³/mol. The average molecular weight is 393 g/mol. The van der Waals surface area contributed by atoms with Gasteiger partial charge in [0.1, 0.15) is 5.75 Å². The van der Waals surface area contributed by atoms with E-state index < -0.39 is 5.97 Å². The molecule has 0 heterocycles. The Morgan fingerprint density at radius 2 is 1.74 bits per heavy atom. The molecule has 0 aliphatic carbocycles. The Labute approximate surface area is 165 Å². The van der Waals surface area contributed by atoms with E-state index in [0.29, 0.717) is 23.7 Å². The Hall–Kier alpha value is -2.57. The summed E-state index contributed by atoms with van der Waals surface area (Å²) < 4.78 is 5.86. The lowest BCUT2D eigenvalue weighted by Gasteiger charge is -2.19. The summed E-state index contributed by atoms with van der Waals surface area (Å²) >= 11 is 0. The van der Waals surface area contributed by atoms with Gasteiger partial charge in [-0.3, -0.25) is 14.5 Å². The van der Waals surface area contributed by atoms with Crippen molar-refractivity contribution in [2.75, 3.05) is 25.0 Å². The zero-order valence-corrected chi connectivity index (χ0v) is 16.3. The summed E-state index contributed by atoms with van der Waals surface area (Å²) in [5.74, 6) is -0.0187. The number of anilines is 1. The van der Waals surface area contributed by atoms with E-state index in [0.717, 1.165) is 12.0 Å². The zero-order valence-electron chi connectivity index (χ0n) is 15.5. The Bertz CT molecular complexity index is 750. The smallest absolute Gasteiger partial charge is 0.317 e.